The van der Waals surface area contributed by atoms with Crippen molar-refractivity contribution in [3.05, 3.63) is 46.3 Å². The van der Waals surface area contributed by atoms with E-state index in [1.165, 1.54) is 6.08 Å². The van der Waals surface area contributed by atoms with Crippen LogP contribution in [0.2, 0.25) is 5.02 Å². The fraction of sp³-hybridized carbons (Fsp3) is 0.357. The monoisotopic (exact) mass is 313 g/mol. The first-order valence-corrected chi connectivity index (χ1v) is 8.49. The molecule has 1 atom stereocenters. The smallest absolute Gasteiger partial charge is 0.220 e. The lowest BCUT2D eigenvalue weighted by atomic mass is 10.1. The Morgan fingerprint density at radius 2 is 2.00 bits per heavy atom. The summed E-state index contributed by atoms with van der Waals surface area (Å²) in [5.41, 5.74) is 1.13. The number of aryl methyl sites for hydroxylation is 1. The summed E-state index contributed by atoms with van der Waals surface area (Å²) in [5, 5.41) is 4.56. The summed E-state index contributed by atoms with van der Waals surface area (Å²) in [6.07, 6.45) is 3.42. The Labute approximate surface area is 123 Å². The lowest BCUT2D eigenvalue weighted by Gasteiger charge is -2.09. The van der Waals surface area contributed by atoms with Crippen molar-refractivity contribution < 1.29 is 13.2 Å². The average molecular weight is 314 g/mol. The fourth-order valence-corrected chi connectivity index (χ4v) is 3.41. The van der Waals surface area contributed by atoms with Gasteiger partial charge in [-0.15, -0.1) is 0 Å². The molecule has 2 rings (SSSR count). The summed E-state index contributed by atoms with van der Waals surface area (Å²) in [7, 11) is -3.12. The average Bonchev–Trinajstić information content (AvgIpc) is 2.71. The van der Waals surface area contributed by atoms with Gasteiger partial charge in [0.15, 0.2) is 9.84 Å². The molecule has 0 aliphatic carbocycles. The zero-order valence-electron chi connectivity index (χ0n) is 10.9. The van der Waals surface area contributed by atoms with Crippen LogP contribution in [-0.2, 0) is 21.1 Å². The number of amides is 1. The van der Waals surface area contributed by atoms with Crippen LogP contribution in [0.5, 0.6) is 0 Å². The van der Waals surface area contributed by atoms with E-state index < -0.39 is 9.84 Å². The summed E-state index contributed by atoms with van der Waals surface area (Å²) in [4.78, 5) is 11.7. The number of carbonyl (C=O) groups is 1. The molecule has 1 aromatic rings. The van der Waals surface area contributed by atoms with Crippen molar-refractivity contribution in [2.75, 3.05) is 5.75 Å². The number of sulfone groups is 1. The Morgan fingerprint density at radius 3 is 2.60 bits per heavy atom. The highest BCUT2D eigenvalue weighted by atomic mass is 35.5. The van der Waals surface area contributed by atoms with Crippen molar-refractivity contribution in [1.29, 1.82) is 0 Å². The standard InChI is InChI=1S/C14H16ClNO3S/c15-12-6-4-11(5-7-12)2-1-3-14(17)16-13-8-9-20(18,19)10-13/h4-9,13H,1-3,10H2,(H,16,17)/t13-/m0/s1. The molecular formula is C14H16ClNO3S. The summed E-state index contributed by atoms with van der Waals surface area (Å²) >= 11 is 5.79. The molecule has 0 radical (unpaired) electrons. The topological polar surface area (TPSA) is 63.2 Å². The third-order valence-electron chi connectivity index (χ3n) is 3.06. The Kier molecular flexibility index (Phi) is 4.83. The quantitative estimate of drug-likeness (QED) is 0.905. The largest absolute Gasteiger partial charge is 0.349 e. The van der Waals surface area contributed by atoms with Crippen LogP contribution >= 0.6 is 11.6 Å². The second-order valence-electron chi connectivity index (χ2n) is 4.81. The van der Waals surface area contributed by atoms with Crippen molar-refractivity contribution >= 4 is 27.3 Å². The Bertz CT molecular complexity index is 608. The van der Waals surface area contributed by atoms with E-state index in [0.717, 1.165) is 23.8 Å². The maximum Gasteiger partial charge on any atom is 0.220 e. The van der Waals surface area contributed by atoms with Gasteiger partial charge in [0, 0.05) is 16.9 Å². The molecule has 0 spiro atoms. The van der Waals surface area contributed by atoms with Crippen molar-refractivity contribution in [1.82, 2.24) is 5.32 Å². The fourth-order valence-electron chi connectivity index (χ4n) is 2.05. The molecule has 4 nitrogen and oxygen atoms in total. The number of halogens is 1. The van der Waals surface area contributed by atoms with Gasteiger partial charge in [0.1, 0.15) is 0 Å². The Balaban J connectivity index is 1.71. The van der Waals surface area contributed by atoms with Gasteiger partial charge >= 0.3 is 0 Å². The van der Waals surface area contributed by atoms with Gasteiger partial charge in [0.2, 0.25) is 5.91 Å². The third kappa shape index (κ3) is 4.65. The highest BCUT2D eigenvalue weighted by Gasteiger charge is 2.22. The zero-order valence-corrected chi connectivity index (χ0v) is 12.5. The number of nitrogens with one attached hydrogen (secondary N) is 1. The van der Waals surface area contributed by atoms with Crippen LogP contribution in [0.4, 0.5) is 0 Å². The molecule has 1 aliphatic rings. The van der Waals surface area contributed by atoms with Gasteiger partial charge in [-0.3, -0.25) is 4.79 Å². The van der Waals surface area contributed by atoms with Gasteiger partial charge in [0.25, 0.3) is 0 Å². The first-order valence-electron chi connectivity index (χ1n) is 6.39. The molecule has 0 fully saturated rings. The summed E-state index contributed by atoms with van der Waals surface area (Å²) in [6.45, 7) is 0. The predicted molar refractivity (Wildman–Crippen MR) is 79.2 cm³/mol. The van der Waals surface area contributed by atoms with Crippen molar-refractivity contribution in [3.63, 3.8) is 0 Å². The number of hydrogen-bond donors (Lipinski definition) is 1. The first-order chi connectivity index (χ1) is 9.44. The van der Waals surface area contributed by atoms with Crippen LogP contribution in [0, 0.1) is 0 Å². The predicted octanol–water partition coefficient (Wildman–Crippen LogP) is 2.09. The molecule has 20 heavy (non-hydrogen) atoms. The molecule has 1 aliphatic heterocycles. The molecule has 0 bridgehead atoms. The zero-order chi connectivity index (χ0) is 14.6. The van der Waals surface area contributed by atoms with Crippen LogP contribution in [-0.4, -0.2) is 26.1 Å². The molecule has 1 amide bonds. The van der Waals surface area contributed by atoms with Crippen LogP contribution in [0.15, 0.2) is 35.7 Å². The second-order valence-corrected chi connectivity index (χ2v) is 7.18. The number of rotatable bonds is 5. The van der Waals surface area contributed by atoms with E-state index in [4.69, 9.17) is 11.6 Å². The van der Waals surface area contributed by atoms with E-state index in [1.54, 1.807) is 0 Å². The van der Waals surface area contributed by atoms with Crippen LogP contribution in [0.3, 0.4) is 0 Å². The minimum Gasteiger partial charge on any atom is -0.349 e. The van der Waals surface area contributed by atoms with E-state index in [9.17, 15) is 13.2 Å². The highest BCUT2D eigenvalue weighted by Crippen LogP contribution is 2.12. The van der Waals surface area contributed by atoms with Crippen LogP contribution in [0.25, 0.3) is 0 Å². The lowest BCUT2D eigenvalue weighted by Crippen LogP contribution is -2.35. The van der Waals surface area contributed by atoms with Gasteiger partial charge in [-0.25, -0.2) is 8.42 Å². The lowest BCUT2D eigenvalue weighted by molar-refractivity contribution is -0.121. The molecule has 0 aromatic heterocycles. The van der Waals surface area contributed by atoms with E-state index in [0.29, 0.717) is 11.4 Å². The first kappa shape index (κ1) is 15.1. The van der Waals surface area contributed by atoms with Gasteiger partial charge in [-0.05, 0) is 36.6 Å². The summed E-state index contributed by atoms with van der Waals surface area (Å²) in [5.74, 6) is -0.152. The molecule has 1 N–H and O–H groups in total. The maximum atomic E-state index is 11.7. The van der Waals surface area contributed by atoms with Crippen LogP contribution < -0.4 is 5.32 Å². The highest BCUT2D eigenvalue weighted by molar-refractivity contribution is 7.94. The minimum absolute atomic E-state index is 0.0318. The van der Waals surface area contributed by atoms with E-state index in [-0.39, 0.29) is 17.7 Å². The normalized spacial score (nSPS) is 19.9. The third-order valence-corrected chi connectivity index (χ3v) is 4.71. The molecule has 108 valence electrons. The van der Waals surface area contributed by atoms with Gasteiger partial charge in [0.05, 0.1) is 11.8 Å². The van der Waals surface area contributed by atoms with Gasteiger partial charge in [-0.2, -0.15) is 0 Å². The van der Waals surface area contributed by atoms with Gasteiger partial charge < -0.3 is 5.32 Å². The molecule has 0 saturated carbocycles. The van der Waals surface area contributed by atoms with E-state index >= 15 is 0 Å². The number of carbonyl (C=O) groups excluding carboxylic acids is 1. The molecular weight excluding hydrogens is 298 g/mol. The SMILES string of the molecule is O=C(CCCc1ccc(Cl)cc1)N[C@H]1C=CS(=O)(=O)C1. The number of hydrogen-bond acceptors (Lipinski definition) is 3. The van der Waals surface area contributed by atoms with Crippen molar-refractivity contribution in [2.45, 2.75) is 25.3 Å². The molecule has 1 aromatic carbocycles. The molecule has 0 unspecified atom stereocenters. The second kappa shape index (κ2) is 6.41. The Hall–Kier alpha value is -1.33. The van der Waals surface area contributed by atoms with Crippen LogP contribution in [0.1, 0.15) is 18.4 Å². The summed E-state index contributed by atoms with van der Waals surface area (Å²) < 4.78 is 22.4. The van der Waals surface area contributed by atoms with E-state index in [2.05, 4.69) is 5.32 Å². The molecule has 0 saturated heterocycles. The van der Waals surface area contributed by atoms with Crippen molar-refractivity contribution in [3.8, 4) is 0 Å². The van der Waals surface area contributed by atoms with Gasteiger partial charge in [-0.1, -0.05) is 23.7 Å². The minimum atomic E-state index is -3.12. The van der Waals surface area contributed by atoms with Crippen molar-refractivity contribution in [2.24, 2.45) is 0 Å². The molecule has 1 heterocycles. The Morgan fingerprint density at radius 1 is 1.30 bits per heavy atom. The summed E-state index contributed by atoms with van der Waals surface area (Å²) in [6, 6.07) is 7.14. The maximum absolute atomic E-state index is 11.7. The molecule has 6 heteroatoms. The van der Waals surface area contributed by atoms with E-state index in [1.807, 2.05) is 24.3 Å². The number of benzene rings is 1.